The second kappa shape index (κ2) is 3.57. The lowest BCUT2D eigenvalue weighted by molar-refractivity contribution is -0.122. The minimum atomic E-state index is -0.417. The van der Waals surface area contributed by atoms with Gasteiger partial charge < -0.3 is 5.21 Å². The summed E-state index contributed by atoms with van der Waals surface area (Å²) in [6.45, 7) is 3.38. The summed E-state index contributed by atoms with van der Waals surface area (Å²) in [4.78, 5) is 10.5. The molecule has 0 saturated carbocycles. The first-order chi connectivity index (χ1) is 3.72. The van der Waals surface area contributed by atoms with Crippen LogP contribution in [-0.2, 0) is 4.79 Å². The Morgan fingerprint density at radius 1 is 1.88 bits per heavy atom. The highest BCUT2D eigenvalue weighted by Crippen LogP contribution is 1.86. The van der Waals surface area contributed by atoms with Crippen LogP contribution in [0.15, 0.2) is 0 Å². The van der Waals surface area contributed by atoms with Gasteiger partial charge in [0.25, 0.3) is 0 Å². The number of carbonyl (C=O) groups excluding carboxylic acids is 1. The summed E-state index contributed by atoms with van der Waals surface area (Å²) in [5, 5.41) is 8.17. The van der Waals surface area contributed by atoms with Crippen LogP contribution in [-0.4, -0.2) is 17.0 Å². The summed E-state index contributed by atoms with van der Waals surface area (Å²) in [5.41, 5.74) is 1.87. The van der Waals surface area contributed by atoms with Gasteiger partial charge in [0.15, 0.2) is 5.78 Å². The zero-order valence-corrected chi connectivity index (χ0v) is 5.14. The van der Waals surface area contributed by atoms with E-state index in [0.29, 0.717) is 6.42 Å². The number of ketones is 1. The first kappa shape index (κ1) is 7.59. The van der Waals surface area contributed by atoms with Crippen LogP contribution in [0.2, 0.25) is 0 Å². The topological polar surface area (TPSA) is 49.3 Å². The molecule has 0 bridgehead atoms. The fraction of sp³-hybridized carbons (Fsp3) is 0.800. The molecule has 0 spiro atoms. The Kier molecular flexibility index (Phi) is 3.39. The Hall–Kier alpha value is -0.410. The molecular weight excluding hydrogens is 106 g/mol. The van der Waals surface area contributed by atoms with Gasteiger partial charge in [-0.05, 0) is 6.92 Å². The van der Waals surface area contributed by atoms with Gasteiger partial charge in [-0.25, -0.2) is 0 Å². The largest absolute Gasteiger partial charge is 0.316 e. The van der Waals surface area contributed by atoms with Crippen LogP contribution in [0.3, 0.4) is 0 Å². The van der Waals surface area contributed by atoms with Crippen molar-refractivity contribution in [3.63, 3.8) is 0 Å². The minimum absolute atomic E-state index is 0.0208. The van der Waals surface area contributed by atoms with Crippen molar-refractivity contribution in [3.05, 3.63) is 0 Å². The molecule has 3 heteroatoms. The number of rotatable bonds is 3. The molecule has 0 radical (unpaired) electrons. The van der Waals surface area contributed by atoms with Gasteiger partial charge >= 0.3 is 0 Å². The van der Waals surface area contributed by atoms with E-state index in [2.05, 4.69) is 0 Å². The lowest BCUT2D eigenvalue weighted by Crippen LogP contribution is -2.30. The Morgan fingerprint density at radius 2 is 2.38 bits per heavy atom. The summed E-state index contributed by atoms with van der Waals surface area (Å²) in [7, 11) is 0. The Labute approximate surface area is 48.7 Å². The van der Waals surface area contributed by atoms with Gasteiger partial charge in [0.2, 0.25) is 0 Å². The molecule has 0 heterocycles. The average Bonchev–Trinajstić information content (AvgIpc) is 1.84. The van der Waals surface area contributed by atoms with Crippen LogP contribution in [0.25, 0.3) is 0 Å². The number of Topliss-reactive ketones (excluding diaryl/α,β-unsaturated/α-hetero) is 1. The van der Waals surface area contributed by atoms with E-state index in [1.807, 2.05) is 5.48 Å². The van der Waals surface area contributed by atoms with Crippen LogP contribution in [0.4, 0.5) is 0 Å². The van der Waals surface area contributed by atoms with Gasteiger partial charge in [-0.15, -0.1) is 0 Å². The van der Waals surface area contributed by atoms with Crippen LogP contribution >= 0.6 is 0 Å². The second-order valence-electron chi connectivity index (χ2n) is 1.67. The molecule has 0 saturated heterocycles. The van der Waals surface area contributed by atoms with Crippen LogP contribution in [0, 0.1) is 0 Å². The normalized spacial score (nSPS) is 13.4. The molecular formula is C5H11NO2. The number of hydrogen-bond acceptors (Lipinski definition) is 3. The molecule has 1 atom stereocenters. The molecule has 0 rings (SSSR count). The maximum Gasteiger partial charge on any atom is 0.151 e. The van der Waals surface area contributed by atoms with Gasteiger partial charge in [-0.3, -0.25) is 4.79 Å². The van der Waals surface area contributed by atoms with Crippen molar-refractivity contribution in [1.82, 2.24) is 5.48 Å². The highest BCUT2D eigenvalue weighted by atomic mass is 16.5. The molecule has 0 amide bonds. The summed E-state index contributed by atoms with van der Waals surface area (Å²) in [6, 6.07) is -0.417. The molecule has 8 heavy (non-hydrogen) atoms. The van der Waals surface area contributed by atoms with E-state index in [1.165, 1.54) is 0 Å². The molecule has 0 aromatic carbocycles. The number of hydroxylamine groups is 1. The van der Waals surface area contributed by atoms with Gasteiger partial charge in [0, 0.05) is 6.42 Å². The summed E-state index contributed by atoms with van der Waals surface area (Å²) in [6.07, 6.45) is 0.467. The quantitative estimate of drug-likeness (QED) is 0.524. The third-order valence-electron chi connectivity index (χ3n) is 1.03. The molecule has 0 aliphatic heterocycles. The molecule has 0 aliphatic carbocycles. The Balaban J connectivity index is 3.46. The summed E-state index contributed by atoms with van der Waals surface area (Å²) < 4.78 is 0. The molecule has 0 unspecified atom stereocenters. The first-order valence-corrected chi connectivity index (χ1v) is 2.64. The SMILES string of the molecule is CCC(=O)[C@H](C)NO. The van der Waals surface area contributed by atoms with Crippen molar-refractivity contribution in [2.75, 3.05) is 0 Å². The fourth-order valence-electron chi connectivity index (χ4n) is 0.378. The monoisotopic (exact) mass is 117 g/mol. The summed E-state index contributed by atoms with van der Waals surface area (Å²) >= 11 is 0. The lowest BCUT2D eigenvalue weighted by Gasteiger charge is -2.03. The highest BCUT2D eigenvalue weighted by molar-refractivity contribution is 5.82. The minimum Gasteiger partial charge on any atom is -0.316 e. The van der Waals surface area contributed by atoms with E-state index in [1.54, 1.807) is 13.8 Å². The smallest absolute Gasteiger partial charge is 0.151 e. The molecule has 0 aromatic rings. The average molecular weight is 117 g/mol. The van der Waals surface area contributed by atoms with Gasteiger partial charge in [-0.1, -0.05) is 6.92 Å². The molecule has 3 nitrogen and oxygen atoms in total. The zero-order chi connectivity index (χ0) is 6.57. The van der Waals surface area contributed by atoms with Crippen LogP contribution < -0.4 is 5.48 Å². The van der Waals surface area contributed by atoms with Crippen molar-refractivity contribution in [1.29, 1.82) is 0 Å². The van der Waals surface area contributed by atoms with Gasteiger partial charge in [0.1, 0.15) is 0 Å². The third kappa shape index (κ3) is 2.04. The zero-order valence-electron chi connectivity index (χ0n) is 5.14. The first-order valence-electron chi connectivity index (χ1n) is 2.64. The lowest BCUT2D eigenvalue weighted by atomic mass is 10.2. The predicted octanol–water partition coefficient (Wildman–Crippen LogP) is 0.333. The van der Waals surface area contributed by atoms with Crippen molar-refractivity contribution < 1.29 is 10.0 Å². The molecule has 0 fully saturated rings. The Morgan fingerprint density at radius 3 is 2.50 bits per heavy atom. The standard InChI is InChI=1S/C5H11NO2/c1-3-5(7)4(2)6-8/h4,6,8H,3H2,1-2H3/t4-/m0/s1. The molecule has 0 aliphatic rings. The van der Waals surface area contributed by atoms with Crippen molar-refractivity contribution in [2.24, 2.45) is 0 Å². The van der Waals surface area contributed by atoms with E-state index in [4.69, 9.17) is 5.21 Å². The second-order valence-corrected chi connectivity index (χ2v) is 1.67. The van der Waals surface area contributed by atoms with E-state index in [-0.39, 0.29) is 5.78 Å². The van der Waals surface area contributed by atoms with Crippen molar-refractivity contribution in [2.45, 2.75) is 26.3 Å². The molecule has 0 aromatic heterocycles. The molecule has 48 valence electrons. The number of hydrogen-bond donors (Lipinski definition) is 2. The predicted molar refractivity (Wildman–Crippen MR) is 29.7 cm³/mol. The van der Waals surface area contributed by atoms with Gasteiger partial charge in [-0.2, -0.15) is 5.48 Å². The van der Waals surface area contributed by atoms with Crippen LogP contribution in [0.1, 0.15) is 20.3 Å². The Bertz CT molecular complexity index is 82.5. The fourth-order valence-corrected chi connectivity index (χ4v) is 0.378. The number of nitrogens with one attached hydrogen (secondary N) is 1. The number of carbonyl (C=O) groups is 1. The summed E-state index contributed by atoms with van der Waals surface area (Å²) in [5.74, 6) is 0.0208. The maximum atomic E-state index is 10.5. The van der Waals surface area contributed by atoms with E-state index < -0.39 is 6.04 Å². The molecule has 2 N–H and O–H groups in total. The highest BCUT2D eigenvalue weighted by Gasteiger charge is 2.06. The maximum absolute atomic E-state index is 10.5. The van der Waals surface area contributed by atoms with E-state index in [9.17, 15) is 4.79 Å². The van der Waals surface area contributed by atoms with Gasteiger partial charge in [0.05, 0.1) is 6.04 Å². The van der Waals surface area contributed by atoms with E-state index >= 15 is 0 Å². The van der Waals surface area contributed by atoms with Crippen molar-refractivity contribution in [3.8, 4) is 0 Å². The third-order valence-corrected chi connectivity index (χ3v) is 1.03. The van der Waals surface area contributed by atoms with E-state index in [0.717, 1.165) is 0 Å². The van der Waals surface area contributed by atoms with Crippen LogP contribution in [0.5, 0.6) is 0 Å². The van der Waals surface area contributed by atoms with Crippen molar-refractivity contribution >= 4 is 5.78 Å².